The van der Waals surface area contributed by atoms with Crippen molar-refractivity contribution < 1.29 is 4.79 Å². The van der Waals surface area contributed by atoms with E-state index in [2.05, 4.69) is 31.3 Å². The molecular formula is C19H24N2O. The van der Waals surface area contributed by atoms with E-state index in [4.69, 9.17) is 5.73 Å². The Bertz CT molecular complexity index is 591. The molecule has 2 aromatic carbocycles. The molecule has 0 saturated heterocycles. The topological polar surface area (TPSA) is 55.1 Å². The molecule has 0 fully saturated rings. The molecule has 0 aromatic heterocycles. The van der Waals surface area contributed by atoms with E-state index in [1.165, 1.54) is 0 Å². The summed E-state index contributed by atoms with van der Waals surface area (Å²) in [6.45, 7) is 4.34. The Balaban J connectivity index is 2.03. The van der Waals surface area contributed by atoms with E-state index in [0.29, 0.717) is 18.0 Å². The van der Waals surface area contributed by atoms with Crippen LogP contribution < -0.4 is 11.1 Å². The van der Waals surface area contributed by atoms with Crippen LogP contribution in [-0.2, 0) is 11.2 Å². The Morgan fingerprint density at radius 3 is 2.27 bits per heavy atom. The first-order valence-corrected chi connectivity index (χ1v) is 7.73. The molecule has 0 aliphatic heterocycles. The molecule has 0 heterocycles. The highest BCUT2D eigenvalue weighted by Gasteiger charge is 2.16. The van der Waals surface area contributed by atoms with E-state index in [1.807, 2.05) is 42.5 Å². The van der Waals surface area contributed by atoms with Crippen molar-refractivity contribution in [2.24, 2.45) is 5.92 Å². The highest BCUT2D eigenvalue weighted by atomic mass is 16.1. The number of carbonyl (C=O) groups is 1. The number of nitrogens with two attached hydrogens (primary N) is 1. The number of anilines is 1. The average Bonchev–Trinajstić information content (AvgIpc) is 2.49. The van der Waals surface area contributed by atoms with Crippen LogP contribution in [0.2, 0.25) is 0 Å². The molecule has 0 aliphatic rings. The lowest BCUT2D eigenvalue weighted by Gasteiger charge is -2.21. The molecule has 1 unspecified atom stereocenters. The van der Waals surface area contributed by atoms with Gasteiger partial charge in [0.25, 0.3) is 0 Å². The maximum absolute atomic E-state index is 12.3. The molecule has 116 valence electrons. The van der Waals surface area contributed by atoms with Crippen molar-refractivity contribution in [1.82, 2.24) is 5.32 Å². The third kappa shape index (κ3) is 4.92. The predicted molar refractivity (Wildman–Crippen MR) is 91.3 cm³/mol. The van der Waals surface area contributed by atoms with Gasteiger partial charge in [0.2, 0.25) is 5.91 Å². The Labute approximate surface area is 132 Å². The maximum Gasteiger partial charge on any atom is 0.224 e. The first-order valence-electron chi connectivity index (χ1n) is 7.73. The fourth-order valence-electron chi connectivity index (χ4n) is 2.50. The second-order valence-corrected chi connectivity index (χ2v) is 6.08. The smallest absolute Gasteiger partial charge is 0.224 e. The summed E-state index contributed by atoms with van der Waals surface area (Å²) >= 11 is 0. The number of carbonyl (C=O) groups excluding carboxylic acids is 1. The molecule has 3 N–H and O–H groups in total. The van der Waals surface area contributed by atoms with E-state index >= 15 is 0 Å². The second kappa shape index (κ2) is 7.64. The average molecular weight is 296 g/mol. The summed E-state index contributed by atoms with van der Waals surface area (Å²) in [6.07, 6.45) is 1.30. The highest BCUT2D eigenvalue weighted by molar-refractivity contribution is 5.79. The van der Waals surface area contributed by atoms with Gasteiger partial charge in [0, 0.05) is 5.69 Å². The number of hydrogen-bond acceptors (Lipinski definition) is 2. The maximum atomic E-state index is 12.3. The first-order chi connectivity index (χ1) is 10.5. The molecule has 0 bridgehead atoms. The Kier molecular flexibility index (Phi) is 5.59. The quantitative estimate of drug-likeness (QED) is 0.798. The van der Waals surface area contributed by atoms with Crippen LogP contribution in [0.25, 0.3) is 0 Å². The predicted octanol–water partition coefficient (Wildman–Crippen LogP) is 3.71. The van der Waals surface area contributed by atoms with E-state index in [0.717, 1.165) is 17.5 Å². The lowest BCUT2D eigenvalue weighted by Crippen LogP contribution is -2.30. The van der Waals surface area contributed by atoms with Crippen molar-refractivity contribution in [2.45, 2.75) is 32.7 Å². The van der Waals surface area contributed by atoms with Gasteiger partial charge in [-0.3, -0.25) is 4.79 Å². The van der Waals surface area contributed by atoms with Crippen LogP contribution in [0.3, 0.4) is 0 Å². The summed E-state index contributed by atoms with van der Waals surface area (Å²) in [5, 5.41) is 3.16. The summed E-state index contributed by atoms with van der Waals surface area (Å²) in [5.74, 6) is 0.557. The van der Waals surface area contributed by atoms with Gasteiger partial charge in [-0.15, -0.1) is 0 Å². The molecule has 3 nitrogen and oxygen atoms in total. The largest absolute Gasteiger partial charge is 0.399 e. The fraction of sp³-hybridized carbons (Fsp3) is 0.316. The molecule has 22 heavy (non-hydrogen) atoms. The number of benzene rings is 2. The van der Waals surface area contributed by atoms with Crippen LogP contribution in [0.15, 0.2) is 54.6 Å². The minimum Gasteiger partial charge on any atom is -0.399 e. The van der Waals surface area contributed by atoms with Crippen molar-refractivity contribution in [3.05, 3.63) is 65.7 Å². The number of rotatable bonds is 6. The van der Waals surface area contributed by atoms with Gasteiger partial charge in [0.15, 0.2) is 0 Å². The van der Waals surface area contributed by atoms with Gasteiger partial charge in [-0.1, -0.05) is 56.3 Å². The summed E-state index contributed by atoms with van der Waals surface area (Å²) < 4.78 is 0. The van der Waals surface area contributed by atoms with Gasteiger partial charge in [0.05, 0.1) is 12.5 Å². The number of nitrogens with one attached hydrogen (secondary N) is 1. The van der Waals surface area contributed by atoms with Crippen molar-refractivity contribution in [3.63, 3.8) is 0 Å². The molecule has 0 aliphatic carbocycles. The summed E-state index contributed by atoms with van der Waals surface area (Å²) in [4.78, 5) is 12.3. The molecule has 1 atom stereocenters. The molecule has 0 spiro atoms. The summed E-state index contributed by atoms with van der Waals surface area (Å²) in [5.41, 5.74) is 8.51. The van der Waals surface area contributed by atoms with E-state index < -0.39 is 0 Å². The Morgan fingerprint density at radius 1 is 1.05 bits per heavy atom. The van der Waals surface area contributed by atoms with Gasteiger partial charge in [-0.05, 0) is 35.6 Å². The molecular weight excluding hydrogens is 272 g/mol. The zero-order chi connectivity index (χ0) is 15.9. The normalized spacial score (nSPS) is 12.1. The first kappa shape index (κ1) is 16.1. The van der Waals surface area contributed by atoms with Crippen molar-refractivity contribution >= 4 is 11.6 Å². The Morgan fingerprint density at radius 2 is 1.68 bits per heavy atom. The van der Waals surface area contributed by atoms with Crippen molar-refractivity contribution in [3.8, 4) is 0 Å². The lowest BCUT2D eigenvalue weighted by atomic mass is 9.96. The van der Waals surface area contributed by atoms with Crippen LogP contribution in [0.1, 0.15) is 37.4 Å². The highest BCUT2D eigenvalue weighted by Crippen LogP contribution is 2.21. The van der Waals surface area contributed by atoms with Gasteiger partial charge in [0.1, 0.15) is 0 Å². The number of nitrogen functional groups attached to an aromatic ring is 1. The molecule has 3 heteroatoms. The van der Waals surface area contributed by atoms with Crippen molar-refractivity contribution in [1.29, 1.82) is 0 Å². The lowest BCUT2D eigenvalue weighted by molar-refractivity contribution is -0.121. The van der Waals surface area contributed by atoms with E-state index in [9.17, 15) is 4.79 Å². The second-order valence-electron chi connectivity index (χ2n) is 6.08. The van der Waals surface area contributed by atoms with E-state index in [1.54, 1.807) is 0 Å². The third-order valence-corrected chi connectivity index (χ3v) is 3.59. The molecule has 2 aromatic rings. The van der Waals surface area contributed by atoms with Crippen LogP contribution in [0, 0.1) is 5.92 Å². The third-order valence-electron chi connectivity index (χ3n) is 3.59. The number of hydrogen-bond donors (Lipinski definition) is 2. The minimum absolute atomic E-state index is 0.0410. The van der Waals surface area contributed by atoms with Gasteiger partial charge < -0.3 is 11.1 Å². The van der Waals surface area contributed by atoms with Gasteiger partial charge >= 0.3 is 0 Å². The van der Waals surface area contributed by atoms with E-state index in [-0.39, 0.29) is 11.9 Å². The summed E-state index contributed by atoms with van der Waals surface area (Å²) in [6, 6.07) is 17.6. The zero-order valence-corrected chi connectivity index (χ0v) is 13.3. The minimum atomic E-state index is 0.0410. The van der Waals surface area contributed by atoms with Gasteiger partial charge in [-0.2, -0.15) is 0 Å². The van der Waals surface area contributed by atoms with Gasteiger partial charge in [-0.25, -0.2) is 0 Å². The number of amides is 1. The monoisotopic (exact) mass is 296 g/mol. The van der Waals surface area contributed by atoms with Crippen LogP contribution in [0.5, 0.6) is 0 Å². The van der Waals surface area contributed by atoms with Crippen molar-refractivity contribution in [2.75, 3.05) is 5.73 Å². The standard InChI is InChI=1S/C19H24N2O/c1-14(2)12-18(16-6-4-3-5-7-16)21-19(22)13-15-8-10-17(20)11-9-15/h3-11,14,18H,12-13,20H2,1-2H3,(H,21,22). The SMILES string of the molecule is CC(C)CC(NC(=O)Cc1ccc(N)cc1)c1ccccc1. The molecule has 1 amide bonds. The molecule has 2 rings (SSSR count). The van der Waals surface area contributed by atoms with Crippen LogP contribution in [-0.4, -0.2) is 5.91 Å². The molecule has 0 saturated carbocycles. The Hall–Kier alpha value is -2.29. The van der Waals surface area contributed by atoms with Crippen LogP contribution in [0.4, 0.5) is 5.69 Å². The zero-order valence-electron chi connectivity index (χ0n) is 13.3. The summed E-state index contributed by atoms with van der Waals surface area (Å²) in [7, 11) is 0. The van der Waals surface area contributed by atoms with Crippen LogP contribution >= 0.6 is 0 Å². The molecule has 0 radical (unpaired) electrons. The fourth-order valence-corrected chi connectivity index (χ4v) is 2.50.